The summed E-state index contributed by atoms with van der Waals surface area (Å²) in [5.74, 6) is 0. The zero-order valence-electron chi connectivity index (χ0n) is 10.3. The third-order valence-corrected chi connectivity index (χ3v) is 2.86. The van der Waals surface area contributed by atoms with Crippen molar-refractivity contribution in [1.29, 1.82) is 0 Å². The van der Waals surface area contributed by atoms with Gasteiger partial charge in [-0.15, -0.1) is 0 Å². The second kappa shape index (κ2) is 4.60. The number of rotatable bonds is 2. The Morgan fingerprint density at radius 3 is 2.62 bits per heavy atom. The van der Waals surface area contributed by atoms with Gasteiger partial charge in [-0.1, -0.05) is 35.9 Å². The molecule has 1 heterocycles. The Labute approximate surface area is 98.1 Å². The van der Waals surface area contributed by atoms with Gasteiger partial charge in [-0.05, 0) is 27.2 Å². The van der Waals surface area contributed by atoms with Crippen molar-refractivity contribution in [2.45, 2.75) is 45.2 Å². The van der Waals surface area contributed by atoms with Crippen molar-refractivity contribution >= 4 is 7.12 Å². The van der Waals surface area contributed by atoms with E-state index < -0.39 is 0 Å². The van der Waals surface area contributed by atoms with Crippen molar-refractivity contribution in [2.24, 2.45) is 0 Å². The fourth-order valence-corrected chi connectivity index (χ4v) is 2.33. The summed E-state index contributed by atoms with van der Waals surface area (Å²) >= 11 is 0. The highest BCUT2D eigenvalue weighted by Gasteiger charge is 2.36. The van der Waals surface area contributed by atoms with Gasteiger partial charge in [0.2, 0.25) is 0 Å². The first kappa shape index (κ1) is 11.7. The normalized spacial score (nSPS) is 24.4. The van der Waals surface area contributed by atoms with E-state index in [1.54, 1.807) is 0 Å². The lowest BCUT2D eigenvalue weighted by molar-refractivity contribution is -0.0291. The third-order valence-electron chi connectivity index (χ3n) is 2.86. The zero-order valence-corrected chi connectivity index (χ0v) is 10.3. The molecule has 0 aliphatic carbocycles. The van der Waals surface area contributed by atoms with Crippen LogP contribution in [0.3, 0.4) is 0 Å². The summed E-state index contributed by atoms with van der Waals surface area (Å²) in [7, 11) is -0.110. The molecule has 1 saturated heterocycles. The van der Waals surface area contributed by atoms with Crippen LogP contribution in [0.1, 0.15) is 32.8 Å². The third kappa shape index (κ3) is 3.10. The van der Waals surface area contributed by atoms with Gasteiger partial charge in [-0.25, -0.2) is 0 Å². The number of hydrogen-bond acceptors (Lipinski definition) is 2. The highest BCUT2D eigenvalue weighted by Crippen LogP contribution is 2.26. The first-order chi connectivity index (χ1) is 7.55. The van der Waals surface area contributed by atoms with E-state index in [2.05, 4.69) is 32.9 Å². The van der Waals surface area contributed by atoms with Gasteiger partial charge in [-0.2, -0.15) is 0 Å². The van der Waals surface area contributed by atoms with Crippen LogP contribution in [0.25, 0.3) is 0 Å². The summed E-state index contributed by atoms with van der Waals surface area (Å²) in [6, 6.07) is 10.3. The Morgan fingerprint density at radius 2 is 2.00 bits per heavy atom. The molecule has 0 bridgehead atoms. The quantitative estimate of drug-likeness (QED) is 0.710. The molecule has 1 aliphatic heterocycles. The lowest BCUT2D eigenvalue weighted by Crippen LogP contribution is -2.47. The fraction of sp³-hybridized carbons (Fsp3) is 0.538. The minimum absolute atomic E-state index is 0.0723. The molecule has 86 valence electrons. The average molecular weight is 218 g/mol. The Kier molecular flexibility index (Phi) is 3.36. The van der Waals surface area contributed by atoms with Crippen LogP contribution < -0.4 is 0 Å². The second-order valence-electron chi connectivity index (χ2n) is 5.15. The van der Waals surface area contributed by atoms with Crippen LogP contribution in [0.2, 0.25) is 0 Å². The molecular formula is C13H19BO2. The SMILES string of the molecule is CC1CC(C)(C)OB(Cc2ccccc2)O1. The molecule has 1 unspecified atom stereocenters. The van der Waals surface area contributed by atoms with Crippen molar-refractivity contribution in [3.05, 3.63) is 35.9 Å². The minimum Gasteiger partial charge on any atom is -0.408 e. The van der Waals surface area contributed by atoms with E-state index in [4.69, 9.17) is 9.31 Å². The molecule has 16 heavy (non-hydrogen) atoms. The first-order valence-electron chi connectivity index (χ1n) is 5.92. The molecular weight excluding hydrogens is 199 g/mol. The predicted octanol–water partition coefficient (Wildman–Crippen LogP) is 2.86. The molecule has 0 aromatic heterocycles. The lowest BCUT2D eigenvalue weighted by atomic mass is 9.76. The fourth-order valence-electron chi connectivity index (χ4n) is 2.33. The summed E-state index contributed by atoms with van der Waals surface area (Å²) in [4.78, 5) is 0. The zero-order chi connectivity index (χ0) is 11.6. The van der Waals surface area contributed by atoms with Gasteiger partial charge >= 0.3 is 7.12 Å². The lowest BCUT2D eigenvalue weighted by Gasteiger charge is -2.38. The topological polar surface area (TPSA) is 18.5 Å². The van der Waals surface area contributed by atoms with Gasteiger partial charge in [-0.3, -0.25) is 0 Å². The van der Waals surface area contributed by atoms with Crippen LogP contribution in [0, 0.1) is 0 Å². The predicted molar refractivity (Wildman–Crippen MR) is 66.2 cm³/mol. The molecule has 0 spiro atoms. The van der Waals surface area contributed by atoms with Crippen LogP contribution in [-0.2, 0) is 15.6 Å². The molecule has 0 amide bonds. The Balaban J connectivity index is 2.00. The summed E-state index contributed by atoms with van der Waals surface area (Å²) in [6.07, 6.45) is 2.06. The monoisotopic (exact) mass is 218 g/mol. The van der Waals surface area contributed by atoms with Crippen LogP contribution in [0.5, 0.6) is 0 Å². The molecule has 2 rings (SSSR count). The number of benzene rings is 1. The van der Waals surface area contributed by atoms with E-state index in [9.17, 15) is 0 Å². The standard InChI is InChI=1S/C13H19BO2/c1-11-9-13(2,3)16-14(15-11)10-12-7-5-4-6-8-12/h4-8,11H,9-10H2,1-3H3. The van der Waals surface area contributed by atoms with Crippen molar-refractivity contribution in [3.63, 3.8) is 0 Å². The maximum Gasteiger partial charge on any atom is 0.462 e. The minimum atomic E-state index is -0.110. The van der Waals surface area contributed by atoms with E-state index in [0.29, 0.717) is 0 Å². The van der Waals surface area contributed by atoms with Crippen LogP contribution >= 0.6 is 0 Å². The molecule has 1 aromatic carbocycles. The second-order valence-corrected chi connectivity index (χ2v) is 5.15. The molecule has 1 aromatic rings. The molecule has 1 aliphatic rings. The van der Waals surface area contributed by atoms with Crippen LogP contribution in [0.4, 0.5) is 0 Å². The summed E-state index contributed by atoms with van der Waals surface area (Å²) in [5, 5.41) is 0. The van der Waals surface area contributed by atoms with Crippen molar-refractivity contribution in [2.75, 3.05) is 0 Å². The highest BCUT2D eigenvalue weighted by atomic mass is 16.6. The van der Waals surface area contributed by atoms with Gasteiger partial charge in [0.15, 0.2) is 0 Å². The largest absolute Gasteiger partial charge is 0.462 e. The van der Waals surface area contributed by atoms with Gasteiger partial charge < -0.3 is 9.31 Å². The molecule has 2 nitrogen and oxygen atoms in total. The molecule has 0 radical (unpaired) electrons. The molecule has 1 fully saturated rings. The Bertz CT molecular complexity index is 337. The average Bonchev–Trinajstić information content (AvgIpc) is 2.15. The van der Waals surface area contributed by atoms with Crippen molar-refractivity contribution in [1.82, 2.24) is 0 Å². The van der Waals surface area contributed by atoms with E-state index in [0.717, 1.165) is 12.7 Å². The molecule has 3 heteroatoms. The van der Waals surface area contributed by atoms with Crippen molar-refractivity contribution in [3.8, 4) is 0 Å². The molecule has 1 atom stereocenters. The highest BCUT2D eigenvalue weighted by molar-refractivity contribution is 6.44. The van der Waals surface area contributed by atoms with Gasteiger partial charge in [0, 0.05) is 12.4 Å². The molecule has 0 N–H and O–H groups in total. The van der Waals surface area contributed by atoms with Gasteiger partial charge in [0.05, 0.1) is 5.60 Å². The van der Waals surface area contributed by atoms with Gasteiger partial charge in [0.25, 0.3) is 0 Å². The Morgan fingerprint density at radius 1 is 1.31 bits per heavy atom. The van der Waals surface area contributed by atoms with E-state index in [-0.39, 0.29) is 18.8 Å². The van der Waals surface area contributed by atoms with E-state index in [1.807, 2.05) is 18.2 Å². The molecule has 0 saturated carbocycles. The summed E-state index contributed by atoms with van der Waals surface area (Å²) < 4.78 is 11.7. The Hall–Kier alpha value is -0.795. The van der Waals surface area contributed by atoms with Crippen LogP contribution in [0.15, 0.2) is 30.3 Å². The first-order valence-corrected chi connectivity index (χ1v) is 5.92. The maximum absolute atomic E-state index is 5.93. The maximum atomic E-state index is 5.93. The van der Waals surface area contributed by atoms with E-state index in [1.165, 1.54) is 5.56 Å². The van der Waals surface area contributed by atoms with Crippen LogP contribution in [-0.4, -0.2) is 18.8 Å². The van der Waals surface area contributed by atoms with Gasteiger partial charge in [0.1, 0.15) is 0 Å². The number of hydrogen-bond donors (Lipinski definition) is 0. The summed E-state index contributed by atoms with van der Waals surface area (Å²) in [6.45, 7) is 6.37. The van der Waals surface area contributed by atoms with E-state index >= 15 is 0 Å². The van der Waals surface area contributed by atoms with Crippen molar-refractivity contribution < 1.29 is 9.31 Å². The smallest absolute Gasteiger partial charge is 0.408 e. The summed E-state index contributed by atoms with van der Waals surface area (Å²) in [5.41, 5.74) is 1.19.